The first-order valence-corrected chi connectivity index (χ1v) is 10.1. The molecule has 5 aromatic rings. The first-order valence-electron chi connectivity index (χ1n) is 9.28. The number of carbonyl (C=O) groups excluding carboxylic acids is 1. The van der Waals surface area contributed by atoms with Crippen molar-refractivity contribution in [1.29, 1.82) is 0 Å². The van der Waals surface area contributed by atoms with Crippen molar-refractivity contribution in [3.63, 3.8) is 0 Å². The summed E-state index contributed by atoms with van der Waals surface area (Å²) in [6, 6.07) is 24.6. The van der Waals surface area contributed by atoms with E-state index in [1.165, 1.54) is 11.3 Å². The summed E-state index contributed by atoms with van der Waals surface area (Å²) < 4.78 is 12.1. The van der Waals surface area contributed by atoms with Crippen LogP contribution in [0.25, 0.3) is 32.2 Å². The molecule has 0 amide bonds. The number of aromatic nitrogens is 3. The number of carbonyl (C=O) groups is 1. The largest absolute Gasteiger partial charge is 0.452 e. The summed E-state index contributed by atoms with van der Waals surface area (Å²) in [4.78, 5) is 17.4. The fraction of sp³-hybridized carbons (Fsp3) is 0.0435. The molecule has 30 heavy (non-hydrogen) atoms. The molecule has 0 aliphatic carbocycles. The highest BCUT2D eigenvalue weighted by Gasteiger charge is 2.18. The normalized spacial score (nSPS) is 10.9. The molecule has 0 aliphatic heterocycles. The van der Waals surface area contributed by atoms with Crippen LogP contribution in [0.1, 0.15) is 16.2 Å². The number of para-hydroxylation sites is 1. The molecule has 5 rings (SSSR count). The summed E-state index contributed by atoms with van der Waals surface area (Å²) in [5, 5.41) is 8.74. The van der Waals surface area contributed by atoms with Gasteiger partial charge in [-0.05, 0) is 30.3 Å². The van der Waals surface area contributed by atoms with Gasteiger partial charge in [-0.3, -0.25) is 0 Å². The summed E-state index contributed by atoms with van der Waals surface area (Å²) in [5.41, 5.74) is 2.89. The Balaban J connectivity index is 1.35. The van der Waals surface area contributed by atoms with Crippen LogP contribution in [0.5, 0.6) is 0 Å². The van der Waals surface area contributed by atoms with Gasteiger partial charge in [-0.1, -0.05) is 48.5 Å². The van der Waals surface area contributed by atoms with E-state index in [0.717, 1.165) is 26.4 Å². The summed E-state index contributed by atoms with van der Waals surface area (Å²) in [5.74, 6) is 0.153. The van der Waals surface area contributed by atoms with Gasteiger partial charge in [-0.25, -0.2) is 9.78 Å². The van der Waals surface area contributed by atoms with E-state index in [1.807, 2.05) is 66.7 Å². The van der Waals surface area contributed by atoms with E-state index in [2.05, 4.69) is 15.2 Å². The van der Waals surface area contributed by atoms with Crippen molar-refractivity contribution in [2.45, 2.75) is 6.61 Å². The van der Waals surface area contributed by atoms with Crippen molar-refractivity contribution in [3.8, 4) is 22.0 Å². The SMILES string of the molecule is O=C(OCc1nnc(-c2ccccc2)o1)c1ccccc1-c1nc2ccccc2s1. The zero-order chi connectivity index (χ0) is 20.3. The number of fused-ring (bicyclic) bond motifs is 1. The lowest BCUT2D eigenvalue weighted by Gasteiger charge is -2.06. The molecule has 0 unspecified atom stereocenters. The molecule has 0 fully saturated rings. The third-order valence-corrected chi connectivity index (χ3v) is 5.56. The fourth-order valence-electron chi connectivity index (χ4n) is 3.05. The smallest absolute Gasteiger partial charge is 0.339 e. The van der Waals surface area contributed by atoms with Crippen molar-refractivity contribution in [3.05, 3.63) is 90.3 Å². The second kappa shape index (κ2) is 7.88. The number of benzene rings is 3. The molecule has 0 atom stereocenters. The highest BCUT2D eigenvalue weighted by Crippen LogP contribution is 2.32. The minimum absolute atomic E-state index is 0.104. The molecule has 0 bridgehead atoms. The van der Waals surface area contributed by atoms with Crippen molar-refractivity contribution in [1.82, 2.24) is 15.2 Å². The summed E-state index contributed by atoms with van der Waals surface area (Å²) in [6.07, 6.45) is 0. The topological polar surface area (TPSA) is 78.1 Å². The van der Waals surface area contributed by atoms with Crippen molar-refractivity contribution < 1.29 is 13.9 Å². The van der Waals surface area contributed by atoms with E-state index in [0.29, 0.717) is 11.5 Å². The van der Waals surface area contributed by atoms with Crippen LogP contribution in [0.2, 0.25) is 0 Å². The second-order valence-electron chi connectivity index (χ2n) is 6.48. The monoisotopic (exact) mass is 413 g/mol. The van der Waals surface area contributed by atoms with E-state index >= 15 is 0 Å². The molecule has 0 radical (unpaired) electrons. The standard InChI is InChI=1S/C23H15N3O3S/c27-23(28-14-20-25-26-21(29-20)15-8-2-1-3-9-15)17-11-5-4-10-16(17)22-24-18-12-6-7-13-19(18)30-22/h1-13H,14H2. The van der Waals surface area contributed by atoms with Crippen LogP contribution in [0.15, 0.2) is 83.3 Å². The Labute approximate surface area is 175 Å². The predicted octanol–water partition coefficient (Wildman–Crippen LogP) is 5.37. The average molecular weight is 413 g/mol. The van der Waals surface area contributed by atoms with Gasteiger partial charge in [-0.15, -0.1) is 21.5 Å². The van der Waals surface area contributed by atoms with Gasteiger partial charge in [0.2, 0.25) is 5.89 Å². The van der Waals surface area contributed by atoms with Crippen LogP contribution in [0.3, 0.4) is 0 Å². The van der Waals surface area contributed by atoms with Gasteiger partial charge in [-0.2, -0.15) is 0 Å². The molecule has 7 heteroatoms. The van der Waals surface area contributed by atoms with Gasteiger partial charge in [0, 0.05) is 11.1 Å². The minimum Gasteiger partial charge on any atom is -0.452 e. The fourth-order valence-corrected chi connectivity index (χ4v) is 4.05. The van der Waals surface area contributed by atoms with Crippen LogP contribution in [0.4, 0.5) is 0 Å². The molecule has 146 valence electrons. The average Bonchev–Trinajstić information content (AvgIpc) is 3.45. The molecule has 0 saturated carbocycles. The van der Waals surface area contributed by atoms with E-state index in [9.17, 15) is 4.79 Å². The van der Waals surface area contributed by atoms with E-state index < -0.39 is 5.97 Å². The Morgan fingerprint density at radius 3 is 2.53 bits per heavy atom. The third kappa shape index (κ3) is 3.58. The maximum atomic E-state index is 12.8. The molecule has 0 saturated heterocycles. The molecular weight excluding hydrogens is 398 g/mol. The lowest BCUT2D eigenvalue weighted by molar-refractivity contribution is 0.0439. The van der Waals surface area contributed by atoms with Gasteiger partial charge in [0.15, 0.2) is 6.61 Å². The number of rotatable bonds is 5. The maximum absolute atomic E-state index is 12.8. The van der Waals surface area contributed by atoms with E-state index in [-0.39, 0.29) is 12.5 Å². The number of thiazole rings is 1. The molecule has 2 heterocycles. The lowest BCUT2D eigenvalue weighted by atomic mass is 10.1. The van der Waals surface area contributed by atoms with Gasteiger partial charge < -0.3 is 9.15 Å². The molecule has 0 aliphatic rings. The third-order valence-electron chi connectivity index (χ3n) is 4.49. The highest BCUT2D eigenvalue weighted by molar-refractivity contribution is 7.21. The van der Waals surface area contributed by atoms with Crippen molar-refractivity contribution in [2.75, 3.05) is 0 Å². The number of ether oxygens (including phenoxy) is 1. The summed E-state index contributed by atoms with van der Waals surface area (Å²) >= 11 is 1.54. The van der Waals surface area contributed by atoms with Gasteiger partial charge >= 0.3 is 5.97 Å². The zero-order valence-electron chi connectivity index (χ0n) is 15.7. The van der Waals surface area contributed by atoms with E-state index in [4.69, 9.17) is 9.15 Å². The van der Waals surface area contributed by atoms with Crippen LogP contribution >= 0.6 is 11.3 Å². The Hall–Kier alpha value is -3.84. The number of hydrogen-bond acceptors (Lipinski definition) is 7. The van der Waals surface area contributed by atoms with Gasteiger partial charge in [0.25, 0.3) is 5.89 Å². The molecule has 0 spiro atoms. The summed E-state index contributed by atoms with van der Waals surface area (Å²) in [7, 11) is 0. The summed E-state index contributed by atoms with van der Waals surface area (Å²) in [6.45, 7) is -0.104. The first kappa shape index (κ1) is 18.2. The Bertz CT molecular complexity index is 1290. The zero-order valence-corrected chi connectivity index (χ0v) is 16.5. The van der Waals surface area contributed by atoms with Crippen LogP contribution in [-0.4, -0.2) is 21.2 Å². The quantitative estimate of drug-likeness (QED) is 0.361. The predicted molar refractivity (Wildman–Crippen MR) is 114 cm³/mol. The van der Waals surface area contributed by atoms with Crippen LogP contribution in [0, 0.1) is 0 Å². The molecular formula is C23H15N3O3S. The molecule has 0 N–H and O–H groups in total. The van der Waals surface area contributed by atoms with Crippen molar-refractivity contribution in [2.24, 2.45) is 0 Å². The molecule has 2 aromatic heterocycles. The molecule has 3 aromatic carbocycles. The Morgan fingerprint density at radius 2 is 1.67 bits per heavy atom. The van der Waals surface area contributed by atoms with Crippen LogP contribution < -0.4 is 0 Å². The van der Waals surface area contributed by atoms with Gasteiger partial charge in [0.05, 0.1) is 15.8 Å². The van der Waals surface area contributed by atoms with Crippen LogP contribution in [-0.2, 0) is 11.3 Å². The molecule has 6 nitrogen and oxygen atoms in total. The van der Waals surface area contributed by atoms with E-state index in [1.54, 1.807) is 12.1 Å². The first-order chi connectivity index (χ1) is 14.8. The van der Waals surface area contributed by atoms with Crippen molar-refractivity contribution >= 4 is 27.5 Å². The Morgan fingerprint density at radius 1 is 0.900 bits per heavy atom. The minimum atomic E-state index is -0.468. The number of hydrogen-bond donors (Lipinski definition) is 0. The maximum Gasteiger partial charge on any atom is 0.339 e. The number of esters is 1. The lowest BCUT2D eigenvalue weighted by Crippen LogP contribution is -2.07. The number of nitrogens with zero attached hydrogens (tertiary/aromatic N) is 3. The second-order valence-corrected chi connectivity index (χ2v) is 7.51. The highest BCUT2D eigenvalue weighted by atomic mass is 32.1. The Kier molecular flexibility index (Phi) is 4.78. The van der Waals surface area contributed by atoms with Gasteiger partial charge in [0.1, 0.15) is 5.01 Å².